The van der Waals surface area contributed by atoms with Gasteiger partial charge in [0, 0.05) is 17.3 Å². The summed E-state index contributed by atoms with van der Waals surface area (Å²) in [7, 11) is 3.71. The van der Waals surface area contributed by atoms with Gasteiger partial charge in [-0.2, -0.15) is 0 Å². The fraction of sp³-hybridized carbons (Fsp3) is 0.500. The first-order valence-corrected chi connectivity index (χ1v) is 6.27. The number of nitrogens with two attached hydrogens (primary N) is 1. The minimum absolute atomic E-state index is 0.528. The van der Waals surface area contributed by atoms with E-state index in [0.29, 0.717) is 6.04 Å². The molecule has 1 aliphatic carbocycles. The van der Waals surface area contributed by atoms with E-state index in [4.69, 9.17) is 10.5 Å². The molecule has 1 atom stereocenters. The molecule has 0 aliphatic heterocycles. The monoisotopic (exact) mass is 284 g/mol. The molecule has 1 aromatic rings. The standard InChI is InChI=1S/C12H17BrN2O/c1-15-7-3-4-8-9(5-7)11(14)6-10(13)12(8)16-2/h6-7,15H,3-5,14H2,1-2H3. The molecule has 0 fully saturated rings. The fourth-order valence-corrected chi connectivity index (χ4v) is 3.03. The van der Waals surface area contributed by atoms with E-state index in [1.165, 1.54) is 11.1 Å². The zero-order valence-corrected chi connectivity index (χ0v) is 11.2. The van der Waals surface area contributed by atoms with Gasteiger partial charge in [-0.15, -0.1) is 0 Å². The zero-order valence-electron chi connectivity index (χ0n) is 9.64. The highest BCUT2D eigenvalue weighted by molar-refractivity contribution is 9.10. The van der Waals surface area contributed by atoms with E-state index in [1.807, 2.05) is 13.1 Å². The number of ether oxygens (including phenoxy) is 1. The van der Waals surface area contributed by atoms with Crippen LogP contribution in [0.25, 0.3) is 0 Å². The van der Waals surface area contributed by atoms with E-state index < -0.39 is 0 Å². The Balaban J connectivity index is 2.48. The van der Waals surface area contributed by atoms with Crippen LogP contribution < -0.4 is 15.8 Å². The number of fused-ring (bicyclic) bond motifs is 1. The van der Waals surface area contributed by atoms with Crippen LogP contribution >= 0.6 is 15.9 Å². The van der Waals surface area contributed by atoms with Crippen molar-refractivity contribution in [1.82, 2.24) is 5.32 Å². The number of likely N-dealkylation sites (N-methyl/N-ethyl adjacent to an activating group) is 1. The van der Waals surface area contributed by atoms with Crippen molar-refractivity contribution in [2.24, 2.45) is 0 Å². The van der Waals surface area contributed by atoms with E-state index in [9.17, 15) is 0 Å². The quantitative estimate of drug-likeness (QED) is 0.818. The number of hydrogen-bond donors (Lipinski definition) is 2. The Morgan fingerprint density at radius 3 is 2.88 bits per heavy atom. The summed E-state index contributed by atoms with van der Waals surface area (Å²) in [6.07, 6.45) is 3.14. The molecular weight excluding hydrogens is 268 g/mol. The Morgan fingerprint density at radius 2 is 2.25 bits per heavy atom. The molecular formula is C12H17BrN2O. The minimum atomic E-state index is 0.528. The summed E-state index contributed by atoms with van der Waals surface area (Å²) in [6, 6.07) is 2.47. The van der Waals surface area contributed by atoms with Gasteiger partial charge >= 0.3 is 0 Å². The minimum Gasteiger partial charge on any atom is -0.495 e. The summed E-state index contributed by atoms with van der Waals surface area (Å²) < 4.78 is 6.40. The van der Waals surface area contributed by atoms with E-state index in [0.717, 1.165) is 35.2 Å². The maximum absolute atomic E-state index is 6.07. The zero-order chi connectivity index (χ0) is 11.7. The normalized spacial score (nSPS) is 19.3. The summed E-state index contributed by atoms with van der Waals surface area (Å²) >= 11 is 3.50. The molecule has 1 aromatic carbocycles. The summed E-state index contributed by atoms with van der Waals surface area (Å²) in [5.41, 5.74) is 9.44. The lowest BCUT2D eigenvalue weighted by Gasteiger charge is -2.27. The largest absolute Gasteiger partial charge is 0.495 e. The highest BCUT2D eigenvalue weighted by atomic mass is 79.9. The van der Waals surface area contributed by atoms with Crippen LogP contribution in [-0.4, -0.2) is 20.2 Å². The lowest BCUT2D eigenvalue weighted by molar-refractivity contribution is 0.398. The molecule has 3 N–H and O–H groups in total. The molecule has 0 heterocycles. The van der Waals surface area contributed by atoms with Gasteiger partial charge in [0.15, 0.2) is 0 Å². The number of hydrogen-bond acceptors (Lipinski definition) is 3. The van der Waals surface area contributed by atoms with Gasteiger partial charge in [-0.1, -0.05) is 0 Å². The summed E-state index contributed by atoms with van der Waals surface area (Å²) in [4.78, 5) is 0. The first-order chi connectivity index (χ1) is 7.67. The molecule has 0 aromatic heterocycles. The maximum atomic E-state index is 6.07. The third kappa shape index (κ3) is 1.92. The van der Waals surface area contributed by atoms with E-state index in [1.54, 1.807) is 7.11 Å². The molecule has 0 radical (unpaired) electrons. The Morgan fingerprint density at radius 1 is 1.50 bits per heavy atom. The Bertz CT molecular complexity index is 406. The third-order valence-electron chi connectivity index (χ3n) is 3.29. The lowest BCUT2D eigenvalue weighted by Crippen LogP contribution is -2.32. The first-order valence-electron chi connectivity index (χ1n) is 5.48. The van der Waals surface area contributed by atoms with Crippen LogP contribution in [0, 0.1) is 0 Å². The fourth-order valence-electron chi connectivity index (χ4n) is 2.38. The smallest absolute Gasteiger partial charge is 0.136 e. The second-order valence-corrected chi connectivity index (χ2v) is 5.02. The first kappa shape index (κ1) is 11.7. The second-order valence-electron chi connectivity index (χ2n) is 4.17. The van der Waals surface area contributed by atoms with Gasteiger partial charge in [0.2, 0.25) is 0 Å². The van der Waals surface area contributed by atoms with Crippen molar-refractivity contribution in [3.05, 3.63) is 21.7 Å². The van der Waals surface area contributed by atoms with Gasteiger partial charge in [-0.3, -0.25) is 0 Å². The molecule has 0 bridgehead atoms. The molecule has 1 aliphatic rings. The topological polar surface area (TPSA) is 47.3 Å². The lowest BCUT2D eigenvalue weighted by atomic mass is 9.86. The Kier molecular flexibility index (Phi) is 3.40. The van der Waals surface area contributed by atoms with Crippen LogP contribution in [-0.2, 0) is 12.8 Å². The van der Waals surface area contributed by atoms with Crippen molar-refractivity contribution in [2.45, 2.75) is 25.3 Å². The number of methoxy groups -OCH3 is 1. The van der Waals surface area contributed by atoms with Crippen LogP contribution in [0.15, 0.2) is 10.5 Å². The second kappa shape index (κ2) is 4.63. The van der Waals surface area contributed by atoms with Crippen LogP contribution in [0.2, 0.25) is 0 Å². The molecule has 4 heteroatoms. The number of benzene rings is 1. The molecule has 16 heavy (non-hydrogen) atoms. The van der Waals surface area contributed by atoms with Gasteiger partial charge in [-0.05, 0) is 53.9 Å². The van der Waals surface area contributed by atoms with Crippen LogP contribution in [0.5, 0.6) is 5.75 Å². The molecule has 0 saturated heterocycles. The molecule has 0 saturated carbocycles. The summed E-state index contributed by atoms with van der Waals surface area (Å²) in [5.74, 6) is 0.943. The van der Waals surface area contributed by atoms with Crippen LogP contribution in [0.3, 0.4) is 0 Å². The highest BCUT2D eigenvalue weighted by Crippen LogP contribution is 2.39. The van der Waals surface area contributed by atoms with Crippen molar-refractivity contribution >= 4 is 21.6 Å². The van der Waals surface area contributed by atoms with E-state index in [-0.39, 0.29) is 0 Å². The Labute approximate surface area is 104 Å². The number of halogens is 1. The number of rotatable bonds is 2. The number of nitrogen functional groups attached to an aromatic ring is 1. The van der Waals surface area contributed by atoms with Crippen LogP contribution in [0.4, 0.5) is 5.69 Å². The highest BCUT2D eigenvalue weighted by Gasteiger charge is 2.23. The van der Waals surface area contributed by atoms with Crippen LogP contribution in [0.1, 0.15) is 17.5 Å². The van der Waals surface area contributed by atoms with Crippen molar-refractivity contribution in [1.29, 1.82) is 0 Å². The molecule has 88 valence electrons. The predicted molar refractivity (Wildman–Crippen MR) is 70.0 cm³/mol. The number of anilines is 1. The van der Waals surface area contributed by atoms with Gasteiger partial charge in [0.25, 0.3) is 0 Å². The molecule has 1 unspecified atom stereocenters. The average Bonchev–Trinajstić information content (AvgIpc) is 2.29. The maximum Gasteiger partial charge on any atom is 0.136 e. The van der Waals surface area contributed by atoms with E-state index in [2.05, 4.69) is 21.2 Å². The van der Waals surface area contributed by atoms with E-state index >= 15 is 0 Å². The molecule has 0 spiro atoms. The third-order valence-corrected chi connectivity index (χ3v) is 3.88. The Hall–Kier alpha value is -0.740. The van der Waals surface area contributed by atoms with Crippen molar-refractivity contribution in [3.63, 3.8) is 0 Å². The number of nitrogens with one attached hydrogen (secondary N) is 1. The van der Waals surface area contributed by atoms with Gasteiger partial charge in [-0.25, -0.2) is 0 Å². The SMILES string of the molecule is CNC1CCc2c(c(N)cc(Br)c2OC)C1. The van der Waals surface area contributed by atoms with Crippen molar-refractivity contribution < 1.29 is 4.74 Å². The van der Waals surface area contributed by atoms with Gasteiger partial charge in [0.1, 0.15) is 5.75 Å². The van der Waals surface area contributed by atoms with Gasteiger partial charge < -0.3 is 15.8 Å². The summed E-state index contributed by atoms with van der Waals surface area (Å²) in [5, 5.41) is 3.32. The predicted octanol–water partition coefficient (Wildman–Crippen LogP) is 2.12. The van der Waals surface area contributed by atoms with Gasteiger partial charge in [0.05, 0.1) is 11.6 Å². The molecule has 2 rings (SSSR count). The molecule has 3 nitrogen and oxygen atoms in total. The van der Waals surface area contributed by atoms with Crippen molar-refractivity contribution in [3.8, 4) is 5.75 Å². The van der Waals surface area contributed by atoms with Crippen molar-refractivity contribution in [2.75, 3.05) is 19.9 Å². The average molecular weight is 285 g/mol. The molecule has 0 amide bonds. The summed E-state index contributed by atoms with van der Waals surface area (Å²) in [6.45, 7) is 0.